The van der Waals surface area contributed by atoms with Crippen LogP contribution in [-0.4, -0.2) is 39.1 Å². The largest absolute Gasteiger partial charge is 0.488 e. The molecule has 0 unspecified atom stereocenters. The van der Waals surface area contributed by atoms with Gasteiger partial charge in [-0.3, -0.25) is 14.3 Å². The average Bonchev–Trinajstić information content (AvgIpc) is 3.12. The third kappa shape index (κ3) is 4.37. The molecule has 1 aliphatic carbocycles. The van der Waals surface area contributed by atoms with Gasteiger partial charge in [-0.2, -0.15) is 5.10 Å². The lowest BCUT2D eigenvalue weighted by Gasteiger charge is -2.28. The Labute approximate surface area is 201 Å². The Hall–Kier alpha value is -3.39. The summed E-state index contributed by atoms with van der Waals surface area (Å²) in [7, 11) is 1.76. The molecule has 0 atom stereocenters. The predicted octanol–water partition coefficient (Wildman–Crippen LogP) is 4.08. The molecule has 2 amide bonds. The molecule has 0 radical (unpaired) electrons. The topological polar surface area (TPSA) is 76.5 Å². The monoisotopic (exact) mass is 482 g/mol. The second-order valence-corrected chi connectivity index (χ2v) is 9.15. The maximum Gasteiger partial charge on any atom is 0.275 e. The van der Waals surface area contributed by atoms with E-state index in [0.29, 0.717) is 21.9 Å². The number of halogens is 2. The summed E-state index contributed by atoms with van der Waals surface area (Å²) in [5.74, 6) is -0.400. The van der Waals surface area contributed by atoms with E-state index in [1.165, 1.54) is 17.0 Å². The molecule has 34 heavy (non-hydrogen) atoms. The fourth-order valence-electron chi connectivity index (χ4n) is 4.38. The molecule has 5 rings (SSSR count). The van der Waals surface area contributed by atoms with E-state index in [2.05, 4.69) is 10.4 Å². The Balaban J connectivity index is 1.47. The van der Waals surface area contributed by atoms with Gasteiger partial charge >= 0.3 is 0 Å². The molecule has 176 valence electrons. The van der Waals surface area contributed by atoms with Gasteiger partial charge in [-0.25, -0.2) is 4.39 Å². The number of rotatable bonds is 6. The number of carbonyl (C=O) groups excluding carboxylic acids is 2. The number of hydrogen-bond donors (Lipinski definition) is 1. The highest BCUT2D eigenvalue weighted by Gasteiger charge is 2.32. The third-order valence-corrected chi connectivity index (χ3v) is 6.51. The molecule has 2 aromatic carbocycles. The molecule has 0 bridgehead atoms. The fraction of sp³-hybridized carbons (Fsp3) is 0.320. The average molecular weight is 483 g/mol. The lowest BCUT2D eigenvalue weighted by Crippen LogP contribution is -2.46. The van der Waals surface area contributed by atoms with Crippen molar-refractivity contribution < 1.29 is 18.7 Å². The van der Waals surface area contributed by atoms with Gasteiger partial charge in [-0.05, 0) is 55.2 Å². The minimum absolute atomic E-state index is 0.0727. The van der Waals surface area contributed by atoms with Gasteiger partial charge in [-0.1, -0.05) is 23.7 Å². The van der Waals surface area contributed by atoms with Crippen LogP contribution in [0.4, 0.5) is 4.39 Å². The second kappa shape index (κ2) is 9.10. The highest BCUT2D eigenvalue weighted by molar-refractivity contribution is 6.31. The second-order valence-electron chi connectivity index (χ2n) is 8.72. The van der Waals surface area contributed by atoms with Gasteiger partial charge in [-0.15, -0.1) is 0 Å². The lowest BCUT2D eigenvalue weighted by atomic mass is 9.93. The molecule has 1 aromatic heterocycles. The summed E-state index contributed by atoms with van der Waals surface area (Å²) in [5, 5.41) is 8.00. The van der Waals surface area contributed by atoms with E-state index >= 15 is 0 Å². The molecule has 1 fully saturated rings. The van der Waals surface area contributed by atoms with E-state index in [0.717, 1.165) is 30.5 Å². The highest BCUT2D eigenvalue weighted by atomic mass is 35.5. The van der Waals surface area contributed by atoms with Crippen molar-refractivity contribution in [3.63, 3.8) is 0 Å². The summed E-state index contributed by atoms with van der Waals surface area (Å²) < 4.78 is 21.3. The number of benzene rings is 2. The third-order valence-electron chi connectivity index (χ3n) is 6.27. The molecule has 0 spiro atoms. The Morgan fingerprint density at radius 3 is 2.82 bits per heavy atom. The number of nitrogens with one attached hydrogen (secondary N) is 1. The van der Waals surface area contributed by atoms with Gasteiger partial charge in [0.1, 0.15) is 24.7 Å². The normalized spacial score (nSPS) is 14.4. The number of fused-ring (bicyclic) bond motifs is 3. The van der Waals surface area contributed by atoms with E-state index in [1.807, 2.05) is 0 Å². The summed E-state index contributed by atoms with van der Waals surface area (Å²) in [5.41, 5.74) is 2.92. The minimum Gasteiger partial charge on any atom is -0.488 e. The number of carbonyl (C=O) groups is 2. The van der Waals surface area contributed by atoms with Crippen molar-refractivity contribution in [1.29, 1.82) is 0 Å². The Bertz CT molecular complexity index is 1270. The lowest BCUT2D eigenvalue weighted by molar-refractivity contribution is -0.123. The quantitative estimate of drug-likeness (QED) is 0.574. The first-order valence-corrected chi connectivity index (χ1v) is 11.6. The van der Waals surface area contributed by atoms with Crippen LogP contribution in [0.3, 0.4) is 0 Å². The maximum absolute atomic E-state index is 13.8. The van der Waals surface area contributed by atoms with Crippen LogP contribution >= 0.6 is 11.6 Å². The number of aromatic nitrogens is 2. The minimum atomic E-state index is -0.418. The van der Waals surface area contributed by atoms with E-state index in [4.69, 9.17) is 16.3 Å². The van der Waals surface area contributed by atoms with Crippen LogP contribution in [-0.2, 0) is 25.0 Å². The van der Waals surface area contributed by atoms with Gasteiger partial charge in [0, 0.05) is 35.8 Å². The van der Waals surface area contributed by atoms with Crippen LogP contribution in [0.1, 0.15) is 40.9 Å². The van der Waals surface area contributed by atoms with Gasteiger partial charge in [0.05, 0.1) is 5.69 Å². The predicted molar refractivity (Wildman–Crippen MR) is 125 cm³/mol. The highest BCUT2D eigenvalue weighted by Crippen LogP contribution is 2.40. The molecular weight excluding hydrogens is 459 g/mol. The summed E-state index contributed by atoms with van der Waals surface area (Å²) in [6, 6.07) is 11.5. The van der Waals surface area contributed by atoms with E-state index in [1.54, 1.807) is 42.1 Å². The van der Waals surface area contributed by atoms with Crippen LogP contribution in [0.2, 0.25) is 5.02 Å². The van der Waals surface area contributed by atoms with E-state index < -0.39 is 11.7 Å². The van der Waals surface area contributed by atoms with Crippen molar-refractivity contribution >= 4 is 23.4 Å². The van der Waals surface area contributed by atoms with Crippen LogP contribution in [0.15, 0.2) is 42.5 Å². The summed E-state index contributed by atoms with van der Waals surface area (Å²) in [6.45, 7) is 0.0880. The summed E-state index contributed by atoms with van der Waals surface area (Å²) >= 11 is 6.20. The molecule has 9 heteroatoms. The summed E-state index contributed by atoms with van der Waals surface area (Å²) in [4.78, 5) is 27.8. The van der Waals surface area contributed by atoms with Gasteiger partial charge in [0.25, 0.3) is 5.91 Å². The molecule has 1 N–H and O–H groups in total. The molecule has 2 aliphatic rings. The number of hydrogen-bond acceptors (Lipinski definition) is 4. The zero-order chi connectivity index (χ0) is 23.8. The Kier molecular flexibility index (Phi) is 6.00. The number of ether oxygens (including phenoxy) is 1. The molecule has 1 saturated carbocycles. The molecular formula is C25H24ClFN4O3. The number of nitrogens with zero attached hydrogens (tertiary/aromatic N) is 3. The SMILES string of the molecule is Cn1nc(C(=O)N(CC(=O)NC2CCC2)Cc2cccc(F)c2)c2c1-c1cc(Cl)ccc1OC2. The van der Waals surface area contributed by atoms with Gasteiger partial charge in [0.15, 0.2) is 5.69 Å². The zero-order valence-corrected chi connectivity index (χ0v) is 19.4. The molecule has 1 aliphatic heterocycles. The zero-order valence-electron chi connectivity index (χ0n) is 18.7. The molecule has 3 aromatic rings. The Morgan fingerprint density at radius 2 is 2.09 bits per heavy atom. The van der Waals surface area contributed by atoms with Crippen molar-refractivity contribution in [2.24, 2.45) is 7.05 Å². The van der Waals surface area contributed by atoms with Crippen molar-refractivity contribution in [2.45, 2.75) is 38.5 Å². The van der Waals surface area contributed by atoms with Gasteiger partial charge in [0.2, 0.25) is 5.91 Å². The Morgan fingerprint density at radius 1 is 1.26 bits per heavy atom. The molecule has 7 nitrogen and oxygen atoms in total. The van der Waals surface area contributed by atoms with Crippen LogP contribution in [0, 0.1) is 5.82 Å². The molecule has 0 saturated heterocycles. The van der Waals surface area contributed by atoms with Crippen LogP contribution in [0.5, 0.6) is 5.75 Å². The van der Waals surface area contributed by atoms with E-state index in [9.17, 15) is 14.0 Å². The maximum atomic E-state index is 13.8. The fourth-order valence-corrected chi connectivity index (χ4v) is 4.55. The van der Waals surface area contributed by atoms with Crippen molar-refractivity contribution in [1.82, 2.24) is 20.0 Å². The van der Waals surface area contributed by atoms with Crippen LogP contribution in [0.25, 0.3) is 11.3 Å². The smallest absolute Gasteiger partial charge is 0.275 e. The van der Waals surface area contributed by atoms with Crippen molar-refractivity contribution in [2.75, 3.05) is 6.54 Å². The first kappa shape index (κ1) is 22.4. The van der Waals surface area contributed by atoms with Crippen molar-refractivity contribution in [3.05, 3.63) is 70.1 Å². The first-order valence-electron chi connectivity index (χ1n) is 11.2. The molecule has 2 heterocycles. The first-order chi connectivity index (χ1) is 16.4. The number of amides is 2. The number of aryl methyl sites for hydroxylation is 1. The standard InChI is InChI=1S/C25H24ClFN4O3/c1-30-24-19-11-16(26)8-9-21(19)34-14-20(24)23(29-30)25(33)31(12-15-4-2-5-17(27)10-15)13-22(32)28-18-6-3-7-18/h2,4-5,8-11,18H,3,6-7,12-14H2,1H3,(H,28,32). The van der Waals surface area contributed by atoms with E-state index in [-0.39, 0.29) is 37.3 Å². The summed E-state index contributed by atoms with van der Waals surface area (Å²) in [6.07, 6.45) is 2.97. The van der Waals surface area contributed by atoms with Gasteiger partial charge < -0.3 is 15.0 Å². The van der Waals surface area contributed by atoms with Crippen LogP contribution < -0.4 is 10.1 Å². The van der Waals surface area contributed by atoms with Crippen molar-refractivity contribution in [3.8, 4) is 17.0 Å².